The summed E-state index contributed by atoms with van der Waals surface area (Å²) in [6.45, 7) is 0. The summed E-state index contributed by atoms with van der Waals surface area (Å²) in [5.41, 5.74) is -0.132. The Hall–Kier alpha value is -0.770. The van der Waals surface area contributed by atoms with Crippen LogP contribution in [0, 0.1) is 0 Å². The summed E-state index contributed by atoms with van der Waals surface area (Å²) in [5.74, 6) is 0.0112. The highest BCUT2D eigenvalue weighted by molar-refractivity contribution is 6.16. The van der Waals surface area contributed by atoms with Gasteiger partial charge in [-0.1, -0.05) is 18.9 Å². The van der Waals surface area contributed by atoms with E-state index in [4.69, 9.17) is 11.6 Å². The summed E-state index contributed by atoms with van der Waals surface area (Å²) in [7, 11) is 0. The van der Waals surface area contributed by atoms with E-state index >= 15 is 0 Å². The fourth-order valence-electron chi connectivity index (χ4n) is 2.38. The van der Waals surface area contributed by atoms with Crippen LogP contribution in [0.25, 0.3) is 0 Å². The van der Waals surface area contributed by atoms with Gasteiger partial charge in [0.15, 0.2) is 0 Å². The van der Waals surface area contributed by atoms with Gasteiger partial charge in [-0.05, 0) is 30.4 Å². The minimum absolute atomic E-state index is 0.00324. The van der Waals surface area contributed by atoms with E-state index in [0.717, 1.165) is 25.7 Å². The molecule has 0 atom stereocenters. The molecule has 1 fully saturated rings. The van der Waals surface area contributed by atoms with Crippen LogP contribution in [-0.4, -0.2) is 4.98 Å². The Kier molecular flexibility index (Phi) is 3.61. The fourth-order valence-corrected chi connectivity index (χ4v) is 2.53. The van der Waals surface area contributed by atoms with Gasteiger partial charge in [0.2, 0.25) is 0 Å². The third kappa shape index (κ3) is 2.73. The van der Waals surface area contributed by atoms with Crippen LogP contribution in [0.2, 0.25) is 0 Å². The molecule has 1 heterocycles. The van der Waals surface area contributed by atoms with Gasteiger partial charge >= 0.3 is 6.18 Å². The molecule has 2 rings (SSSR count). The van der Waals surface area contributed by atoms with Gasteiger partial charge in [0, 0.05) is 0 Å². The van der Waals surface area contributed by atoms with Crippen LogP contribution in [0.4, 0.5) is 13.2 Å². The molecule has 1 aliphatic rings. The summed E-state index contributed by atoms with van der Waals surface area (Å²) >= 11 is 5.53. The Morgan fingerprint density at radius 1 is 1.24 bits per heavy atom. The van der Waals surface area contributed by atoms with E-state index < -0.39 is 11.9 Å². The molecule has 0 aliphatic heterocycles. The summed E-state index contributed by atoms with van der Waals surface area (Å²) in [4.78, 5) is 3.65. The molecule has 5 heteroatoms. The van der Waals surface area contributed by atoms with Crippen LogP contribution in [0.5, 0.6) is 0 Å². The molecule has 1 aromatic heterocycles. The molecule has 0 spiro atoms. The van der Waals surface area contributed by atoms with Crippen LogP contribution in [0.3, 0.4) is 0 Å². The Morgan fingerprint density at radius 3 is 2.41 bits per heavy atom. The summed E-state index contributed by atoms with van der Waals surface area (Å²) in [5, 5.41) is 0. The van der Waals surface area contributed by atoms with Gasteiger partial charge in [-0.2, -0.15) is 13.2 Å². The first-order chi connectivity index (χ1) is 8.02. The number of halogens is 4. The van der Waals surface area contributed by atoms with Crippen LogP contribution >= 0.6 is 11.6 Å². The minimum Gasteiger partial charge on any atom is -0.247 e. The highest BCUT2D eigenvalue weighted by Crippen LogP contribution is 2.40. The van der Waals surface area contributed by atoms with Gasteiger partial charge in [-0.15, -0.1) is 11.6 Å². The lowest BCUT2D eigenvalue weighted by Gasteiger charge is -2.17. The molecule has 0 N–H and O–H groups in total. The zero-order valence-corrected chi connectivity index (χ0v) is 9.98. The molecule has 17 heavy (non-hydrogen) atoms. The lowest BCUT2D eigenvalue weighted by molar-refractivity contribution is -0.142. The first-order valence-corrected chi connectivity index (χ1v) is 6.19. The lowest BCUT2D eigenvalue weighted by Crippen LogP contribution is -2.14. The molecule has 1 nitrogen and oxygen atoms in total. The summed E-state index contributed by atoms with van der Waals surface area (Å²) in [6, 6.07) is 3.14. The maximum atomic E-state index is 12.9. The Bertz CT molecular complexity index is 397. The fraction of sp³-hybridized carbons (Fsp3) is 0.583. The largest absolute Gasteiger partial charge is 0.433 e. The van der Waals surface area contributed by atoms with E-state index in [1.807, 2.05) is 0 Å². The molecular weight excluding hydrogens is 251 g/mol. The van der Waals surface area contributed by atoms with Crippen molar-refractivity contribution in [2.45, 2.75) is 43.7 Å². The van der Waals surface area contributed by atoms with E-state index in [1.165, 1.54) is 0 Å². The summed E-state index contributed by atoms with van der Waals surface area (Å²) < 4.78 is 38.7. The molecule has 0 unspecified atom stereocenters. The van der Waals surface area contributed by atoms with E-state index in [0.29, 0.717) is 5.56 Å². The Morgan fingerprint density at radius 2 is 1.88 bits per heavy atom. The van der Waals surface area contributed by atoms with Gasteiger partial charge in [0.1, 0.15) is 5.69 Å². The molecular formula is C12H13ClF3N. The normalized spacial score (nSPS) is 17.6. The van der Waals surface area contributed by atoms with Crippen molar-refractivity contribution in [3.63, 3.8) is 0 Å². The summed E-state index contributed by atoms with van der Waals surface area (Å²) in [6.07, 6.45) is -0.742. The molecule has 1 saturated carbocycles. The minimum atomic E-state index is -4.39. The lowest BCUT2D eigenvalue weighted by atomic mass is 9.95. The number of hydrogen-bond donors (Lipinski definition) is 0. The standard InChI is InChI=1S/C12H13ClF3N/c13-7-9-5-6-10(8-3-1-2-4-8)11(17-9)12(14,15)16/h5-6,8H,1-4,7H2. The van der Waals surface area contributed by atoms with E-state index in [1.54, 1.807) is 12.1 Å². The highest BCUT2D eigenvalue weighted by atomic mass is 35.5. The second-order valence-electron chi connectivity index (χ2n) is 4.35. The number of aromatic nitrogens is 1. The molecule has 1 aromatic rings. The molecule has 0 saturated heterocycles. The Balaban J connectivity index is 2.42. The number of hydrogen-bond acceptors (Lipinski definition) is 1. The molecule has 0 amide bonds. The van der Waals surface area contributed by atoms with E-state index in [9.17, 15) is 13.2 Å². The molecule has 0 bridgehead atoms. The molecule has 1 aliphatic carbocycles. The first-order valence-electron chi connectivity index (χ1n) is 5.65. The monoisotopic (exact) mass is 263 g/mol. The van der Waals surface area contributed by atoms with Crippen molar-refractivity contribution in [1.82, 2.24) is 4.98 Å². The van der Waals surface area contributed by atoms with Crippen LogP contribution in [-0.2, 0) is 12.1 Å². The van der Waals surface area contributed by atoms with Crippen molar-refractivity contribution in [3.8, 4) is 0 Å². The van der Waals surface area contributed by atoms with Gasteiger partial charge in [-0.25, -0.2) is 4.98 Å². The predicted molar refractivity (Wildman–Crippen MR) is 60.0 cm³/mol. The van der Waals surface area contributed by atoms with Gasteiger partial charge < -0.3 is 0 Å². The molecule has 0 radical (unpaired) electrons. The van der Waals surface area contributed by atoms with E-state index in [-0.39, 0.29) is 17.5 Å². The third-order valence-corrected chi connectivity index (χ3v) is 3.46. The van der Waals surface area contributed by atoms with Gasteiger partial charge in [0.25, 0.3) is 0 Å². The van der Waals surface area contributed by atoms with Crippen LogP contribution in [0.15, 0.2) is 12.1 Å². The SMILES string of the molecule is FC(F)(F)c1nc(CCl)ccc1C1CCCC1. The van der Waals surface area contributed by atoms with Gasteiger partial charge in [0.05, 0.1) is 11.6 Å². The average Bonchev–Trinajstić information content (AvgIpc) is 2.80. The topological polar surface area (TPSA) is 12.9 Å². The van der Waals surface area contributed by atoms with Crippen molar-refractivity contribution in [2.75, 3.05) is 0 Å². The zero-order valence-electron chi connectivity index (χ0n) is 9.23. The van der Waals surface area contributed by atoms with Crippen molar-refractivity contribution in [1.29, 1.82) is 0 Å². The van der Waals surface area contributed by atoms with E-state index in [2.05, 4.69) is 4.98 Å². The van der Waals surface area contributed by atoms with Crippen LogP contribution in [0.1, 0.15) is 48.6 Å². The first kappa shape index (κ1) is 12.7. The molecule has 94 valence electrons. The number of nitrogens with zero attached hydrogens (tertiary/aromatic N) is 1. The highest BCUT2D eigenvalue weighted by Gasteiger charge is 2.37. The Labute approximate surface area is 103 Å². The quantitative estimate of drug-likeness (QED) is 0.716. The van der Waals surface area contributed by atoms with Gasteiger partial charge in [-0.3, -0.25) is 0 Å². The van der Waals surface area contributed by atoms with Crippen molar-refractivity contribution in [2.24, 2.45) is 0 Å². The zero-order chi connectivity index (χ0) is 12.5. The maximum Gasteiger partial charge on any atom is 0.433 e. The average molecular weight is 264 g/mol. The smallest absolute Gasteiger partial charge is 0.247 e. The van der Waals surface area contributed by atoms with Crippen molar-refractivity contribution < 1.29 is 13.2 Å². The van der Waals surface area contributed by atoms with Crippen LogP contribution < -0.4 is 0 Å². The number of pyridine rings is 1. The predicted octanol–water partition coefficient (Wildman–Crippen LogP) is 4.50. The number of rotatable bonds is 2. The number of alkyl halides is 4. The maximum absolute atomic E-state index is 12.9. The third-order valence-electron chi connectivity index (χ3n) is 3.18. The molecule has 0 aromatic carbocycles. The van der Waals surface area contributed by atoms with Crippen molar-refractivity contribution >= 4 is 11.6 Å². The second-order valence-corrected chi connectivity index (χ2v) is 4.62. The second kappa shape index (κ2) is 4.84. The van der Waals surface area contributed by atoms with Crippen molar-refractivity contribution in [3.05, 3.63) is 29.1 Å².